The summed E-state index contributed by atoms with van der Waals surface area (Å²) < 4.78 is 1.77. The SMILES string of the molecule is CCCCC(=O)Nc1cccc(-c2cnn(C)c2)c1. The zero-order chi connectivity index (χ0) is 13.7. The molecule has 0 atom stereocenters. The summed E-state index contributed by atoms with van der Waals surface area (Å²) in [5.74, 6) is 0.0742. The molecule has 0 saturated heterocycles. The molecule has 1 heterocycles. The Hall–Kier alpha value is -2.10. The van der Waals surface area contributed by atoms with E-state index in [2.05, 4.69) is 17.3 Å². The Morgan fingerprint density at radius 3 is 2.89 bits per heavy atom. The molecule has 1 aromatic carbocycles. The molecule has 0 fully saturated rings. The van der Waals surface area contributed by atoms with Gasteiger partial charge in [-0.2, -0.15) is 5.10 Å². The van der Waals surface area contributed by atoms with Crippen LogP contribution in [0.2, 0.25) is 0 Å². The summed E-state index contributed by atoms with van der Waals surface area (Å²) in [6, 6.07) is 7.83. The molecule has 0 unspecified atom stereocenters. The van der Waals surface area contributed by atoms with Gasteiger partial charge in [0.2, 0.25) is 5.91 Å². The number of aromatic nitrogens is 2. The first kappa shape index (κ1) is 13.3. The summed E-state index contributed by atoms with van der Waals surface area (Å²) in [5, 5.41) is 7.08. The first-order valence-electron chi connectivity index (χ1n) is 6.58. The molecule has 0 radical (unpaired) electrons. The van der Waals surface area contributed by atoms with Crippen LogP contribution in [0.3, 0.4) is 0 Å². The molecule has 1 amide bonds. The predicted octanol–water partition coefficient (Wildman–Crippen LogP) is 3.22. The molecule has 1 N–H and O–H groups in total. The quantitative estimate of drug-likeness (QED) is 0.894. The molecule has 0 aliphatic heterocycles. The lowest BCUT2D eigenvalue weighted by molar-refractivity contribution is -0.116. The minimum Gasteiger partial charge on any atom is -0.326 e. The van der Waals surface area contributed by atoms with Crippen LogP contribution in [0.4, 0.5) is 5.69 Å². The van der Waals surface area contributed by atoms with Crippen LogP contribution in [-0.4, -0.2) is 15.7 Å². The van der Waals surface area contributed by atoms with Gasteiger partial charge in [0.1, 0.15) is 0 Å². The van der Waals surface area contributed by atoms with Crippen molar-refractivity contribution in [2.24, 2.45) is 7.05 Å². The summed E-state index contributed by atoms with van der Waals surface area (Å²) in [6.45, 7) is 2.08. The number of carbonyl (C=O) groups is 1. The molecule has 100 valence electrons. The van der Waals surface area contributed by atoms with E-state index in [-0.39, 0.29) is 5.91 Å². The first-order chi connectivity index (χ1) is 9.19. The summed E-state index contributed by atoms with van der Waals surface area (Å²) >= 11 is 0. The Balaban J connectivity index is 2.09. The van der Waals surface area contributed by atoms with Gasteiger partial charge in [0, 0.05) is 30.9 Å². The molecule has 1 aromatic heterocycles. The van der Waals surface area contributed by atoms with Crippen LogP contribution in [0, 0.1) is 0 Å². The van der Waals surface area contributed by atoms with Crippen molar-refractivity contribution >= 4 is 11.6 Å². The van der Waals surface area contributed by atoms with Crippen LogP contribution >= 0.6 is 0 Å². The highest BCUT2D eigenvalue weighted by atomic mass is 16.1. The van der Waals surface area contributed by atoms with Crippen LogP contribution in [0.5, 0.6) is 0 Å². The van der Waals surface area contributed by atoms with Gasteiger partial charge in [0.15, 0.2) is 0 Å². The first-order valence-corrected chi connectivity index (χ1v) is 6.58. The smallest absolute Gasteiger partial charge is 0.224 e. The van der Waals surface area contributed by atoms with Gasteiger partial charge in [-0.1, -0.05) is 25.5 Å². The second kappa shape index (κ2) is 6.18. The van der Waals surface area contributed by atoms with E-state index >= 15 is 0 Å². The van der Waals surface area contributed by atoms with E-state index in [0.717, 1.165) is 29.7 Å². The molecule has 4 heteroatoms. The molecule has 0 saturated carbocycles. The summed E-state index contributed by atoms with van der Waals surface area (Å²) in [6.07, 6.45) is 6.31. The lowest BCUT2D eigenvalue weighted by Gasteiger charge is -2.06. The minimum absolute atomic E-state index is 0.0742. The molecule has 4 nitrogen and oxygen atoms in total. The average Bonchev–Trinajstić information content (AvgIpc) is 2.83. The van der Waals surface area contributed by atoms with E-state index in [1.807, 2.05) is 43.7 Å². The van der Waals surface area contributed by atoms with Crippen molar-refractivity contribution in [2.45, 2.75) is 26.2 Å². The fourth-order valence-corrected chi connectivity index (χ4v) is 1.91. The zero-order valence-electron chi connectivity index (χ0n) is 11.4. The second-order valence-corrected chi connectivity index (χ2v) is 4.64. The maximum atomic E-state index is 11.7. The van der Waals surface area contributed by atoms with Gasteiger partial charge in [-0.3, -0.25) is 9.48 Å². The monoisotopic (exact) mass is 257 g/mol. The molecular weight excluding hydrogens is 238 g/mol. The van der Waals surface area contributed by atoms with Gasteiger partial charge in [0.05, 0.1) is 6.20 Å². The molecular formula is C15H19N3O. The number of benzene rings is 1. The average molecular weight is 257 g/mol. The number of nitrogens with one attached hydrogen (secondary N) is 1. The van der Waals surface area contributed by atoms with Crippen molar-refractivity contribution in [2.75, 3.05) is 5.32 Å². The topological polar surface area (TPSA) is 46.9 Å². The van der Waals surface area contributed by atoms with Gasteiger partial charge < -0.3 is 5.32 Å². The molecule has 2 rings (SSSR count). The van der Waals surface area contributed by atoms with Gasteiger partial charge in [-0.05, 0) is 24.1 Å². The Labute approximate surface area is 113 Å². The fourth-order valence-electron chi connectivity index (χ4n) is 1.91. The van der Waals surface area contributed by atoms with Crippen molar-refractivity contribution in [3.05, 3.63) is 36.7 Å². The maximum Gasteiger partial charge on any atom is 0.224 e. The van der Waals surface area contributed by atoms with Crippen LogP contribution in [0.1, 0.15) is 26.2 Å². The Bertz CT molecular complexity index is 560. The zero-order valence-corrected chi connectivity index (χ0v) is 11.4. The van der Waals surface area contributed by atoms with Crippen LogP contribution < -0.4 is 5.32 Å². The third kappa shape index (κ3) is 3.68. The number of amides is 1. The van der Waals surface area contributed by atoms with Gasteiger partial charge in [-0.15, -0.1) is 0 Å². The summed E-state index contributed by atoms with van der Waals surface area (Å²) in [7, 11) is 1.89. The van der Waals surface area contributed by atoms with E-state index in [9.17, 15) is 4.79 Å². The van der Waals surface area contributed by atoms with Gasteiger partial charge in [0.25, 0.3) is 0 Å². The normalized spacial score (nSPS) is 10.4. The summed E-state index contributed by atoms with van der Waals surface area (Å²) in [5.41, 5.74) is 2.94. The van der Waals surface area contributed by atoms with Gasteiger partial charge in [-0.25, -0.2) is 0 Å². The molecule has 0 aliphatic carbocycles. The third-order valence-electron chi connectivity index (χ3n) is 2.94. The van der Waals surface area contributed by atoms with E-state index in [1.165, 1.54) is 0 Å². The number of aryl methyl sites for hydroxylation is 1. The highest BCUT2D eigenvalue weighted by Gasteiger charge is 2.04. The van der Waals surface area contributed by atoms with Crippen LogP contribution in [0.15, 0.2) is 36.7 Å². The number of carbonyl (C=O) groups excluding carboxylic acids is 1. The van der Waals surface area contributed by atoms with Crippen molar-refractivity contribution in [3.63, 3.8) is 0 Å². The number of hydrogen-bond donors (Lipinski definition) is 1. The number of unbranched alkanes of at least 4 members (excludes halogenated alkanes) is 1. The predicted molar refractivity (Wildman–Crippen MR) is 76.8 cm³/mol. The van der Waals surface area contributed by atoms with E-state index in [4.69, 9.17) is 0 Å². The Kier molecular flexibility index (Phi) is 4.34. The number of anilines is 1. The molecule has 2 aromatic rings. The van der Waals surface area contributed by atoms with E-state index in [0.29, 0.717) is 6.42 Å². The van der Waals surface area contributed by atoms with E-state index < -0.39 is 0 Å². The van der Waals surface area contributed by atoms with Crippen molar-refractivity contribution in [1.82, 2.24) is 9.78 Å². The highest BCUT2D eigenvalue weighted by Crippen LogP contribution is 2.22. The molecule has 0 spiro atoms. The molecule has 0 aliphatic rings. The Morgan fingerprint density at radius 1 is 1.37 bits per heavy atom. The van der Waals surface area contributed by atoms with Crippen LogP contribution in [0.25, 0.3) is 11.1 Å². The third-order valence-corrected chi connectivity index (χ3v) is 2.94. The standard InChI is InChI=1S/C15H19N3O/c1-3-4-8-15(19)17-14-7-5-6-12(9-14)13-10-16-18(2)11-13/h5-7,9-11H,3-4,8H2,1-2H3,(H,17,19). The molecule has 19 heavy (non-hydrogen) atoms. The Morgan fingerprint density at radius 2 is 2.21 bits per heavy atom. The van der Waals surface area contributed by atoms with Crippen molar-refractivity contribution in [3.8, 4) is 11.1 Å². The second-order valence-electron chi connectivity index (χ2n) is 4.64. The lowest BCUT2D eigenvalue weighted by atomic mass is 10.1. The van der Waals surface area contributed by atoms with Gasteiger partial charge >= 0.3 is 0 Å². The molecule has 0 bridgehead atoms. The number of rotatable bonds is 5. The van der Waals surface area contributed by atoms with Crippen LogP contribution in [-0.2, 0) is 11.8 Å². The summed E-state index contributed by atoms with van der Waals surface area (Å²) in [4.78, 5) is 11.7. The highest BCUT2D eigenvalue weighted by molar-refractivity contribution is 5.91. The number of hydrogen-bond acceptors (Lipinski definition) is 2. The van der Waals surface area contributed by atoms with Crippen molar-refractivity contribution in [1.29, 1.82) is 0 Å². The fraction of sp³-hybridized carbons (Fsp3) is 0.333. The maximum absolute atomic E-state index is 11.7. The minimum atomic E-state index is 0.0742. The number of nitrogens with zero attached hydrogens (tertiary/aromatic N) is 2. The van der Waals surface area contributed by atoms with E-state index in [1.54, 1.807) is 4.68 Å². The largest absolute Gasteiger partial charge is 0.326 e. The van der Waals surface area contributed by atoms with Crippen molar-refractivity contribution < 1.29 is 4.79 Å². The lowest BCUT2D eigenvalue weighted by Crippen LogP contribution is -2.10.